The van der Waals surface area contributed by atoms with E-state index in [1.54, 1.807) is 13.1 Å². The number of benzene rings is 2. The number of rotatable bonds is 6. The third kappa shape index (κ3) is 4.62. The molecule has 0 radical (unpaired) electrons. The summed E-state index contributed by atoms with van der Waals surface area (Å²) in [6.07, 6.45) is 4.87. The van der Waals surface area contributed by atoms with Crippen LogP contribution in [0.1, 0.15) is 21.7 Å². The van der Waals surface area contributed by atoms with Crippen LogP contribution in [-0.4, -0.2) is 30.8 Å². The van der Waals surface area contributed by atoms with E-state index >= 15 is 0 Å². The molecule has 174 valence electrons. The van der Waals surface area contributed by atoms with Crippen molar-refractivity contribution >= 4 is 34.3 Å². The molecule has 0 spiro atoms. The molecule has 5 rings (SSSR count). The van der Waals surface area contributed by atoms with Gasteiger partial charge in [-0.15, -0.1) is 0 Å². The number of H-pyrrole nitrogens is 1. The lowest BCUT2D eigenvalue weighted by molar-refractivity contribution is 0.102. The Balaban J connectivity index is 1.32. The Bertz CT molecular complexity index is 1510. The fraction of sp³-hybridized carbons (Fsp3) is 0.0800. The van der Waals surface area contributed by atoms with Crippen molar-refractivity contribution in [1.29, 1.82) is 0 Å². The Morgan fingerprint density at radius 3 is 2.60 bits per heavy atom. The number of hydrogen-bond acceptors (Lipinski definition) is 7. The Kier molecular flexibility index (Phi) is 5.76. The van der Waals surface area contributed by atoms with Crippen molar-refractivity contribution in [2.45, 2.75) is 13.5 Å². The molecule has 9 nitrogen and oxygen atoms in total. The molecule has 2 aromatic carbocycles. The normalized spacial score (nSPS) is 10.9. The van der Waals surface area contributed by atoms with Gasteiger partial charge in [0, 0.05) is 24.0 Å². The largest absolute Gasteiger partial charge is 0.383 e. The average molecular weight is 468 g/mol. The van der Waals surface area contributed by atoms with Crippen molar-refractivity contribution in [2.24, 2.45) is 0 Å². The summed E-state index contributed by atoms with van der Waals surface area (Å²) in [6, 6.07) is 13.4. The van der Waals surface area contributed by atoms with E-state index < -0.39 is 5.91 Å². The van der Waals surface area contributed by atoms with Crippen LogP contribution in [0.25, 0.3) is 22.2 Å². The SMILES string of the molecule is Cc1cnc(NCc2ccc(-c3c[nH]c4ncnc(N)c34)cc2)c(C(=O)Nc2ccc(F)cc2)n1. The number of aryl methyl sites for hydroxylation is 1. The Morgan fingerprint density at radius 2 is 1.83 bits per heavy atom. The van der Waals surface area contributed by atoms with Crippen LogP contribution in [-0.2, 0) is 6.54 Å². The zero-order valence-electron chi connectivity index (χ0n) is 18.7. The molecule has 0 saturated heterocycles. The van der Waals surface area contributed by atoms with Crippen molar-refractivity contribution in [3.63, 3.8) is 0 Å². The summed E-state index contributed by atoms with van der Waals surface area (Å²) in [5.74, 6) is -0.0553. The second kappa shape index (κ2) is 9.18. The zero-order chi connectivity index (χ0) is 24.4. The van der Waals surface area contributed by atoms with Crippen molar-refractivity contribution < 1.29 is 9.18 Å². The average Bonchev–Trinajstić information content (AvgIpc) is 3.30. The fourth-order valence-electron chi connectivity index (χ4n) is 3.69. The quantitative estimate of drug-likeness (QED) is 0.292. The molecule has 10 heteroatoms. The van der Waals surface area contributed by atoms with Gasteiger partial charge in [-0.2, -0.15) is 0 Å². The number of aromatic nitrogens is 5. The molecule has 0 bridgehead atoms. The first-order valence-corrected chi connectivity index (χ1v) is 10.8. The molecular weight excluding hydrogens is 447 g/mol. The number of carbonyl (C=O) groups is 1. The predicted molar refractivity (Wildman–Crippen MR) is 132 cm³/mol. The monoisotopic (exact) mass is 468 g/mol. The lowest BCUT2D eigenvalue weighted by Crippen LogP contribution is -2.18. The molecule has 3 aromatic heterocycles. The highest BCUT2D eigenvalue weighted by atomic mass is 19.1. The molecule has 0 saturated carbocycles. The van der Waals surface area contributed by atoms with Crippen LogP contribution in [0, 0.1) is 12.7 Å². The summed E-state index contributed by atoms with van der Waals surface area (Å²) in [4.78, 5) is 32.9. The highest BCUT2D eigenvalue weighted by Crippen LogP contribution is 2.30. The van der Waals surface area contributed by atoms with E-state index in [9.17, 15) is 9.18 Å². The van der Waals surface area contributed by atoms with Gasteiger partial charge in [-0.25, -0.2) is 24.3 Å². The van der Waals surface area contributed by atoms with Crippen molar-refractivity contribution in [3.05, 3.63) is 90.0 Å². The summed E-state index contributed by atoms with van der Waals surface area (Å²) >= 11 is 0. The minimum atomic E-state index is -0.440. The lowest BCUT2D eigenvalue weighted by Gasteiger charge is -2.12. The Labute approximate surface area is 199 Å². The molecule has 5 aromatic rings. The first-order chi connectivity index (χ1) is 17.0. The number of hydrogen-bond donors (Lipinski definition) is 4. The van der Waals surface area contributed by atoms with Gasteiger partial charge >= 0.3 is 0 Å². The van der Waals surface area contributed by atoms with Crippen LogP contribution in [0.5, 0.6) is 0 Å². The predicted octanol–water partition coefficient (Wildman–Crippen LogP) is 4.31. The topological polar surface area (TPSA) is 134 Å². The first kappa shape index (κ1) is 22.0. The molecule has 0 aliphatic rings. The van der Waals surface area contributed by atoms with E-state index in [1.807, 2.05) is 30.5 Å². The van der Waals surface area contributed by atoms with Crippen molar-refractivity contribution in [1.82, 2.24) is 24.9 Å². The summed E-state index contributed by atoms with van der Waals surface area (Å²) in [5, 5.41) is 6.69. The maximum Gasteiger partial charge on any atom is 0.278 e. The van der Waals surface area contributed by atoms with Gasteiger partial charge in [-0.3, -0.25) is 4.79 Å². The second-order valence-electron chi connectivity index (χ2n) is 7.90. The molecule has 0 aliphatic carbocycles. The van der Waals surface area contributed by atoms with E-state index in [0.717, 1.165) is 22.1 Å². The number of nitrogen functional groups attached to an aromatic ring is 1. The van der Waals surface area contributed by atoms with Gasteiger partial charge in [-0.05, 0) is 42.3 Å². The summed E-state index contributed by atoms with van der Waals surface area (Å²) in [5.41, 5.74) is 10.8. The van der Waals surface area contributed by atoms with Gasteiger partial charge in [0.05, 0.1) is 17.3 Å². The highest BCUT2D eigenvalue weighted by molar-refractivity contribution is 6.06. The maximum absolute atomic E-state index is 13.2. The molecule has 5 N–H and O–H groups in total. The van der Waals surface area contributed by atoms with Crippen molar-refractivity contribution in [3.8, 4) is 11.1 Å². The Morgan fingerprint density at radius 1 is 1.06 bits per heavy atom. The van der Waals surface area contributed by atoms with Crippen LogP contribution in [0.2, 0.25) is 0 Å². The lowest BCUT2D eigenvalue weighted by atomic mass is 10.0. The minimum absolute atomic E-state index is 0.153. The molecule has 1 amide bonds. The number of aromatic amines is 1. The fourth-order valence-corrected chi connectivity index (χ4v) is 3.69. The maximum atomic E-state index is 13.2. The van der Waals surface area contributed by atoms with Gasteiger partial charge in [-0.1, -0.05) is 24.3 Å². The van der Waals surface area contributed by atoms with Crippen LogP contribution < -0.4 is 16.4 Å². The van der Waals surface area contributed by atoms with E-state index in [2.05, 4.69) is 35.6 Å². The van der Waals surface area contributed by atoms with Gasteiger partial charge in [0.15, 0.2) is 11.5 Å². The van der Waals surface area contributed by atoms with Gasteiger partial charge in [0.2, 0.25) is 0 Å². The third-order valence-electron chi connectivity index (χ3n) is 5.43. The van der Waals surface area contributed by atoms with Crippen molar-refractivity contribution in [2.75, 3.05) is 16.4 Å². The van der Waals surface area contributed by atoms with Crippen LogP contribution in [0.4, 0.5) is 21.7 Å². The summed E-state index contributed by atoms with van der Waals surface area (Å²) in [6.45, 7) is 2.18. The number of nitrogens with zero attached hydrogens (tertiary/aromatic N) is 4. The number of amides is 1. The highest BCUT2D eigenvalue weighted by Gasteiger charge is 2.16. The van der Waals surface area contributed by atoms with Gasteiger partial charge < -0.3 is 21.4 Å². The van der Waals surface area contributed by atoms with E-state index in [0.29, 0.717) is 35.2 Å². The summed E-state index contributed by atoms with van der Waals surface area (Å²) in [7, 11) is 0. The molecule has 0 aliphatic heterocycles. The number of halogens is 1. The van der Waals surface area contributed by atoms with Crippen LogP contribution >= 0.6 is 0 Å². The van der Waals surface area contributed by atoms with Crippen LogP contribution in [0.15, 0.2) is 67.3 Å². The van der Waals surface area contributed by atoms with E-state index in [1.165, 1.54) is 30.6 Å². The number of fused-ring (bicyclic) bond motifs is 1. The van der Waals surface area contributed by atoms with E-state index in [4.69, 9.17) is 5.73 Å². The Hall–Kier alpha value is -4.86. The molecule has 3 heterocycles. The number of nitrogens with two attached hydrogens (primary N) is 1. The van der Waals surface area contributed by atoms with Gasteiger partial charge in [0.25, 0.3) is 5.91 Å². The molecule has 0 fully saturated rings. The molecule has 0 atom stereocenters. The third-order valence-corrected chi connectivity index (χ3v) is 5.43. The summed E-state index contributed by atoms with van der Waals surface area (Å²) < 4.78 is 13.2. The number of carbonyl (C=O) groups excluding carboxylic acids is 1. The zero-order valence-corrected chi connectivity index (χ0v) is 18.7. The first-order valence-electron chi connectivity index (χ1n) is 10.8. The van der Waals surface area contributed by atoms with Crippen LogP contribution in [0.3, 0.4) is 0 Å². The molecule has 35 heavy (non-hydrogen) atoms. The molecule has 0 unspecified atom stereocenters. The second-order valence-corrected chi connectivity index (χ2v) is 7.90. The standard InChI is InChI=1S/C25H21FN8O/c1-14-10-28-24(21(33-14)25(35)34-18-8-6-17(26)7-9-18)29-11-15-2-4-16(5-3-15)19-12-30-23-20(19)22(27)31-13-32-23/h2-10,12-13H,11H2,1H3,(H,28,29)(H,34,35)(H3,27,30,31,32). The minimum Gasteiger partial charge on any atom is -0.383 e. The number of anilines is 3. The number of nitrogens with one attached hydrogen (secondary N) is 3. The van der Waals surface area contributed by atoms with Gasteiger partial charge in [0.1, 0.15) is 23.6 Å². The smallest absolute Gasteiger partial charge is 0.278 e. The van der Waals surface area contributed by atoms with E-state index in [-0.39, 0.29) is 11.5 Å². The molecular formula is C25H21FN8O.